The number of likely N-dealkylation sites (tertiary alicyclic amines) is 1. The van der Waals surface area contributed by atoms with Gasteiger partial charge in [0.05, 0.1) is 31.8 Å². The second kappa shape index (κ2) is 11.6. The number of nitrogens with zero attached hydrogens (tertiary/aromatic N) is 4. The quantitative estimate of drug-likeness (QED) is 0.299. The van der Waals surface area contributed by atoms with Crippen molar-refractivity contribution in [2.24, 2.45) is 5.41 Å². The first-order valence-corrected chi connectivity index (χ1v) is 12.3. The fourth-order valence-corrected chi connectivity index (χ4v) is 4.87. The van der Waals surface area contributed by atoms with Gasteiger partial charge in [0.1, 0.15) is 5.75 Å². The van der Waals surface area contributed by atoms with E-state index in [1.54, 1.807) is 35.6 Å². The predicted octanol–water partition coefficient (Wildman–Crippen LogP) is 4.95. The summed E-state index contributed by atoms with van der Waals surface area (Å²) in [6, 6.07) is 12.8. The van der Waals surface area contributed by atoms with Gasteiger partial charge in [0, 0.05) is 31.5 Å². The maximum Gasteiger partial charge on any atom is 0.573 e. The number of alkyl halides is 3. The molecule has 0 atom stereocenters. The minimum atomic E-state index is -4.82. The van der Waals surface area contributed by atoms with Crippen molar-refractivity contribution >= 4 is 17.6 Å². The Morgan fingerprint density at radius 3 is 2.46 bits per heavy atom. The SMILES string of the molecule is [C-]#[N+]c1ccc(Cn2cncc2CC(=O)N2CCC(Cc3cccc(OC(F)(F)F)c3)(C(=O)OC)CC2)cc1. The van der Waals surface area contributed by atoms with Gasteiger partial charge in [0.15, 0.2) is 5.69 Å². The lowest BCUT2D eigenvalue weighted by molar-refractivity contribution is -0.274. The summed E-state index contributed by atoms with van der Waals surface area (Å²) >= 11 is 0. The number of aromatic nitrogens is 2. The predicted molar refractivity (Wildman–Crippen MR) is 135 cm³/mol. The van der Waals surface area contributed by atoms with E-state index in [0.717, 1.165) is 11.3 Å². The average molecular weight is 541 g/mol. The van der Waals surface area contributed by atoms with E-state index in [2.05, 4.69) is 14.6 Å². The van der Waals surface area contributed by atoms with Crippen LogP contribution in [0.4, 0.5) is 18.9 Å². The molecule has 1 amide bonds. The van der Waals surface area contributed by atoms with Gasteiger partial charge in [-0.25, -0.2) is 9.83 Å². The van der Waals surface area contributed by atoms with Crippen molar-refractivity contribution in [2.75, 3.05) is 20.2 Å². The summed E-state index contributed by atoms with van der Waals surface area (Å²) in [5.41, 5.74) is 1.80. The summed E-state index contributed by atoms with van der Waals surface area (Å²) < 4.78 is 48.9. The first kappa shape index (κ1) is 27.7. The molecular formula is C28H27F3N4O4. The molecule has 2 aromatic carbocycles. The smallest absolute Gasteiger partial charge is 0.469 e. The van der Waals surface area contributed by atoms with Gasteiger partial charge in [0.2, 0.25) is 5.91 Å². The van der Waals surface area contributed by atoms with Crippen LogP contribution in [-0.4, -0.2) is 52.9 Å². The van der Waals surface area contributed by atoms with Crippen molar-refractivity contribution in [1.29, 1.82) is 0 Å². The number of esters is 1. The summed E-state index contributed by atoms with van der Waals surface area (Å²) in [4.78, 5) is 35.2. The van der Waals surface area contributed by atoms with Crippen molar-refractivity contribution in [3.05, 3.63) is 89.3 Å². The molecule has 0 bridgehead atoms. The van der Waals surface area contributed by atoms with Crippen LogP contribution in [0, 0.1) is 12.0 Å². The number of amides is 1. The number of methoxy groups -OCH3 is 1. The van der Waals surface area contributed by atoms with Crippen LogP contribution in [0.3, 0.4) is 0 Å². The van der Waals surface area contributed by atoms with Crippen LogP contribution in [-0.2, 0) is 33.7 Å². The number of benzene rings is 2. The number of hydrogen-bond donors (Lipinski definition) is 0. The summed E-state index contributed by atoms with van der Waals surface area (Å²) in [5, 5.41) is 0. The molecule has 1 aromatic heterocycles. The maximum absolute atomic E-state index is 13.2. The third kappa shape index (κ3) is 6.96. The third-order valence-corrected chi connectivity index (χ3v) is 6.92. The Kier molecular flexibility index (Phi) is 8.24. The first-order valence-electron chi connectivity index (χ1n) is 12.3. The van der Waals surface area contributed by atoms with E-state index in [1.807, 2.05) is 16.7 Å². The summed E-state index contributed by atoms with van der Waals surface area (Å²) in [5.74, 6) is -0.926. The molecule has 3 aromatic rings. The molecule has 1 aliphatic rings. The minimum Gasteiger partial charge on any atom is -0.469 e. The molecule has 1 aliphatic heterocycles. The van der Waals surface area contributed by atoms with E-state index in [9.17, 15) is 22.8 Å². The monoisotopic (exact) mass is 540 g/mol. The normalized spacial score (nSPS) is 14.9. The van der Waals surface area contributed by atoms with Crippen molar-refractivity contribution in [3.8, 4) is 5.75 Å². The number of carbonyl (C=O) groups excluding carboxylic acids is 2. The number of hydrogen-bond acceptors (Lipinski definition) is 5. The zero-order chi connectivity index (χ0) is 28.0. The van der Waals surface area contributed by atoms with Crippen LogP contribution in [0.15, 0.2) is 61.1 Å². The molecule has 1 saturated heterocycles. The largest absolute Gasteiger partial charge is 0.573 e. The number of halogens is 3. The third-order valence-electron chi connectivity index (χ3n) is 6.92. The van der Waals surface area contributed by atoms with E-state index in [4.69, 9.17) is 11.3 Å². The number of ether oxygens (including phenoxy) is 2. The lowest BCUT2D eigenvalue weighted by atomic mass is 9.73. The average Bonchev–Trinajstić information content (AvgIpc) is 3.34. The molecule has 0 radical (unpaired) electrons. The van der Waals surface area contributed by atoms with Crippen LogP contribution in [0.5, 0.6) is 5.75 Å². The molecule has 0 aliphatic carbocycles. The Balaban J connectivity index is 1.40. The maximum atomic E-state index is 13.2. The van der Waals surface area contributed by atoms with Crippen LogP contribution in [0.25, 0.3) is 4.85 Å². The molecule has 0 N–H and O–H groups in total. The van der Waals surface area contributed by atoms with E-state index < -0.39 is 17.7 Å². The second-order valence-electron chi connectivity index (χ2n) is 9.49. The van der Waals surface area contributed by atoms with Crippen molar-refractivity contribution in [1.82, 2.24) is 14.5 Å². The van der Waals surface area contributed by atoms with Crippen molar-refractivity contribution in [3.63, 3.8) is 0 Å². The highest BCUT2D eigenvalue weighted by Crippen LogP contribution is 2.37. The molecule has 39 heavy (non-hydrogen) atoms. The van der Waals surface area contributed by atoms with E-state index in [1.165, 1.54) is 25.3 Å². The Morgan fingerprint density at radius 1 is 1.10 bits per heavy atom. The minimum absolute atomic E-state index is 0.112. The highest BCUT2D eigenvalue weighted by Gasteiger charge is 2.43. The fourth-order valence-electron chi connectivity index (χ4n) is 4.87. The van der Waals surface area contributed by atoms with E-state index in [-0.39, 0.29) is 24.5 Å². The van der Waals surface area contributed by atoms with Gasteiger partial charge >= 0.3 is 12.3 Å². The molecular weight excluding hydrogens is 513 g/mol. The van der Waals surface area contributed by atoms with Gasteiger partial charge < -0.3 is 18.9 Å². The van der Waals surface area contributed by atoms with Crippen LogP contribution in [0.1, 0.15) is 29.7 Å². The lowest BCUT2D eigenvalue weighted by Crippen LogP contribution is -2.48. The summed E-state index contributed by atoms with van der Waals surface area (Å²) in [6.07, 6.45) is -0.615. The van der Waals surface area contributed by atoms with Crippen LogP contribution >= 0.6 is 0 Å². The van der Waals surface area contributed by atoms with Gasteiger partial charge in [-0.15, -0.1) is 13.2 Å². The van der Waals surface area contributed by atoms with Crippen molar-refractivity contribution in [2.45, 2.75) is 38.6 Å². The molecule has 11 heteroatoms. The van der Waals surface area contributed by atoms with Gasteiger partial charge in [-0.3, -0.25) is 9.59 Å². The summed E-state index contributed by atoms with van der Waals surface area (Å²) in [7, 11) is 1.28. The molecule has 0 saturated carbocycles. The molecule has 2 heterocycles. The standard InChI is InChI=1S/C28H27F3N4O4/c1-32-22-8-6-20(7-9-22)18-35-19-33-17-23(35)15-25(36)34-12-10-27(11-13-34,26(37)38-2)16-21-4-3-5-24(14-21)39-28(29,30)31/h3-9,14,17,19H,10-13,15-16,18H2,2H3. The number of piperidine rings is 1. The van der Waals surface area contributed by atoms with Gasteiger partial charge in [0.25, 0.3) is 0 Å². The Hall–Kier alpha value is -4.33. The number of carbonyl (C=O) groups is 2. The fraction of sp³-hybridized carbons (Fsp3) is 0.357. The van der Waals surface area contributed by atoms with E-state index in [0.29, 0.717) is 43.7 Å². The zero-order valence-electron chi connectivity index (χ0n) is 21.3. The van der Waals surface area contributed by atoms with Gasteiger partial charge in [-0.1, -0.05) is 36.4 Å². The molecule has 8 nitrogen and oxygen atoms in total. The molecule has 0 spiro atoms. The Labute approximate surface area is 223 Å². The second-order valence-corrected chi connectivity index (χ2v) is 9.49. The molecule has 0 unspecified atom stereocenters. The Morgan fingerprint density at radius 2 is 1.82 bits per heavy atom. The van der Waals surface area contributed by atoms with Crippen molar-refractivity contribution < 1.29 is 32.2 Å². The molecule has 204 valence electrons. The van der Waals surface area contributed by atoms with E-state index >= 15 is 0 Å². The zero-order valence-corrected chi connectivity index (χ0v) is 21.3. The van der Waals surface area contributed by atoms with Crippen LogP contribution in [0.2, 0.25) is 0 Å². The molecule has 1 fully saturated rings. The first-order chi connectivity index (χ1) is 18.6. The number of rotatable bonds is 8. The Bertz CT molecular complexity index is 1350. The van der Waals surface area contributed by atoms with Crippen LogP contribution < -0.4 is 4.74 Å². The van der Waals surface area contributed by atoms with Gasteiger partial charge in [-0.05, 0) is 42.5 Å². The highest BCUT2D eigenvalue weighted by atomic mass is 19.4. The van der Waals surface area contributed by atoms with Gasteiger partial charge in [-0.2, -0.15) is 0 Å². The number of imidazole rings is 1. The molecule has 4 rings (SSSR count). The topological polar surface area (TPSA) is 78.0 Å². The lowest BCUT2D eigenvalue weighted by Gasteiger charge is -2.40. The summed E-state index contributed by atoms with van der Waals surface area (Å²) in [6.45, 7) is 8.18. The highest BCUT2D eigenvalue weighted by molar-refractivity contribution is 5.80.